The van der Waals surface area contributed by atoms with Gasteiger partial charge in [-0.3, -0.25) is 0 Å². The van der Waals surface area contributed by atoms with Crippen LogP contribution in [0.3, 0.4) is 0 Å². The van der Waals surface area contributed by atoms with Crippen LogP contribution < -0.4 is 4.74 Å². The predicted molar refractivity (Wildman–Crippen MR) is 62.7 cm³/mol. The maximum absolute atomic E-state index is 12.6. The van der Waals surface area contributed by atoms with Gasteiger partial charge in [0.15, 0.2) is 11.6 Å². The molecule has 2 rings (SSSR count). The van der Waals surface area contributed by atoms with E-state index in [4.69, 9.17) is 10.2 Å². The van der Waals surface area contributed by atoms with E-state index >= 15 is 0 Å². The molecule has 0 radical (unpaired) electrons. The number of ether oxygens (including phenoxy) is 1. The van der Waals surface area contributed by atoms with E-state index in [2.05, 4.69) is 4.74 Å². The van der Waals surface area contributed by atoms with Gasteiger partial charge in [0.2, 0.25) is 0 Å². The van der Waals surface area contributed by atoms with Crippen LogP contribution in [0.1, 0.15) is 0 Å². The quantitative estimate of drug-likeness (QED) is 0.822. The van der Waals surface area contributed by atoms with Crippen LogP contribution in [0.4, 0.5) is 8.78 Å². The fourth-order valence-electron chi connectivity index (χ4n) is 1.13. The zero-order valence-electron chi connectivity index (χ0n) is 9.60. The van der Waals surface area contributed by atoms with Crippen LogP contribution in [0.5, 0.6) is 17.2 Å². The Balaban J connectivity index is 0.000000184. The van der Waals surface area contributed by atoms with Crippen molar-refractivity contribution >= 4 is 0 Å². The molecule has 2 N–H and O–H groups in total. The summed E-state index contributed by atoms with van der Waals surface area (Å²) in [6.07, 6.45) is 0. The van der Waals surface area contributed by atoms with E-state index in [0.717, 1.165) is 12.1 Å². The van der Waals surface area contributed by atoms with Crippen LogP contribution in [0, 0.1) is 11.6 Å². The Bertz CT molecular complexity index is 498. The molecule has 96 valence electrons. The number of methoxy groups -OCH3 is 1. The number of aromatic hydroxyl groups is 2. The molecule has 0 heterocycles. The number of hydrogen-bond acceptors (Lipinski definition) is 3. The van der Waals surface area contributed by atoms with Gasteiger partial charge in [-0.1, -0.05) is 6.07 Å². The van der Waals surface area contributed by atoms with Crippen molar-refractivity contribution in [3.8, 4) is 17.2 Å². The molecule has 0 amide bonds. The predicted octanol–water partition coefficient (Wildman–Crippen LogP) is 3.07. The average Bonchev–Trinajstić information content (AvgIpc) is 2.29. The van der Waals surface area contributed by atoms with E-state index in [1.807, 2.05) is 0 Å². The fraction of sp³-hybridized carbons (Fsp3) is 0.0769. The Morgan fingerprint density at radius 2 is 1.61 bits per heavy atom. The lowest BCUT2D eigenvalue weighted by molar-refractivity contribution is 0.382. The number of benzene rings is 2. The summed E-state index contributed by atoms with van der Waals surface area (Å²) in [4.78, 5) is 0. The van der Waals surface area contributed by atoms with Crippen molar-refractivity contribution in [3.05, 3.63) is 54.1 Å². The number of halogens is 2. The molecule has 2 aromatic rings. The van der Waals surface area contributed by atoms with Crippen molar-refractivity contribution in [2.75, 3.05) is 7.11 Å². The average molecular weight is 254 g/mol. The van der Waals surface area contributed by atoms with Gasteiger partial charge in [0, 0.05) is 12.1 Å². The van der Waals surface area contributed by atoms with Crippen LogP contribution in [-0.4, -0.2) is 17.3 Å². The number of rotatable bonds is 1. The van der Waals surface area contributed by atoms with Gasteiger partial charge in [-0.2, -0.15) is 0 Å². The summed E-state index contributed by atoms with van der Waals surface area (Å²) in [6, 6.07) is 8.93. The maximum Gasteiger partial charge on any atom is 0.168 e. The Morgan fingerprint density at radius 3 is 2.06 bits per heavy atom. The molecule has 0 atom stereocenters. The van der Waals surface area contributed by atoms with Gasteiger partial charge in [0.1, 0.15) is 17.3 Å². The zero-order valence-corrected chi connectivity index (χ0v) is 9.60. The molecule has 5 heteroatoms. The minimum atomic E-state index is -0.553. The largest absolute Gasteiger partial charge is 0.508 e. The molecule has 0 aliphatic heterocycles. The van der Waals surface area contributed by atoms with E-state index in [0.29, 0.717) is 0 Å². The molecule has 0 saturated carbocycles. The van der Waals surface area contributed by atoms with Gasteiger partial charge < -0.3 is 14.9 Å². The molecule has 0 aliphatic rings. The van der Waals surface area contributed by atoms with Crippen LogP contribution >= 0.6 is 0 Å². The molecule has 0 unspecified atom stereocenters. The normalized spacial score (nSPS) is 9.28. The number of phenolic OH excluding ortho intramolecular Hbond substituents is 2. The minimum Gasteiger partial charge on any atom is -0.508 e. The summed E-state index contributed by atoms with van der Waals surface area (Å²) in [5.41, 5.74) is 0. The van der Waals surface area contributed by atoms with E-state index in [-0.39, 0.29) is 17.2 Å². The maximum atomic E-state index is 12.6. The minimum absolute atomic E-state index is 0.0370. The third-order valence-corrected chi connectivity index (χ3v) is 1.94. The Kier molecular flexibility index (Phi) is 4.92. The van der Waals surface area contributed by atoms with Gasteiger partial charge in [0.25, 0.3) is 0 Å². The first-order valence-corrected chi connectivity index (χ1v) is 5.00. The molecule has 0 fully saturated rings. The fourth-order valence-corrected chi connectivity index (χ4v) is 1.13. The monoisotopic (exact) mass is 254 g/mol. The van der Waals surface area contributed by atoms with Gasteiger partial charge >= 0.3 is 0 Å². The highest BCUT2D eigenvalue weighted by molar-refractivity contribution is 5.31. The number of hydrogen-bond donors (Lipinski definition) is 2. The second-order valence-corrected chi connectivity index (χ2v) is 3.30. The highest BCUT2D eigenvalue weighted by atomic mass is 19.1. The second kappa shape index (κ2) is 6.44. The molecule has 18 heavy (non-hydrogen) atoms. The topological polar surface area (TPSA) is 49.7 Å². The molecule has 0 aromatic heterocycles. The second-order valence-electron chi connectivity index (χ2n) is 3.30. The van der Waals surface area contributed by atoms with Crippen LogP contribution in [0.25, 0.3) is 0 Å². The van der Waals surface area contributed by atoms with Crippen molar-refractivity contribution in [1.82, 2.24) is 0 Å². The molecule has 0 spiro atoms. The van der Waals surface area contributed by atoms with E-state index in [9.17, 15) is 8.78 Å². The molecule has 0 bridgehead atoms. The van der Waals surface area contributed by atoms with Gasteiger partial charge in [0.05, 0.1) is 7.11 Å². The highest BCUT2D eigenvalue weighted by Gasteiger charge is 2.00. The summed E-state index contributed by atoms with van der Waals surface area (Å²) in [7, 11) is 1.37. The van der Waals surface area contributed by atoms with Crippen LogP contribution in [0.2, 0.25) is 0 Å². The summed E-state index contributed by atoms with van der Waals surface area (Å²) in [6.45, 7) is 0. The first-order valence-electron chi connectivity index (χ1n) is 5.00. The van der Waals surface area contributed by atoms with Crippen LogP contribution in [-0.2, 0) is 0 Å². The van der Waals surface area contributed by atoms with Crippen molar-refractivity contribution in [3.63, 3.8) is 0 Å². The summed E-state index contributed by atoms with van der Waals surface area (Å²) in [5.74, 6) is -0.964. The first-order chi connectivity index (χ1) is 8.52. The molecular weight excluding hydrogens is 242 g/mol. The van der Waals surface area contributed by atoms with E-state index < -0.39 is 11.6 Å². The van der Waals surface area contributed by atoms with Crippen LogP contribution in [0.15, 0.2) is 42.5 Å². The molecule has 0 aliphatic carbocycles. The molecule has 0 saturated heterocycles. The molecule has 3 nitrogen and oxygen atoms in total. The molecule has 2 aromatic carbocycles. The lowest BCUT2D eigenvalue weighted by atomic mass is 10.3. The van der Waals surface area contributed by atoms with E-state index in [1.54, 1.807) is 0 Å². The smallest absolute Gasteiger partial charge is 0.168 e. The third kappa shape index (κ3) is 4.29. The SMILES string of the molecule is COc1ccc(O)cc1F.Oc1cccc(F)c1. The van der Waals surface area contributed by atoms with E-state index in [1.165, 1.54) is 37.4 Å². The zero-order chi connectivity index (χ0) is 13.5. The third-order valence-electron chi connectivity index (χ3n) is 1.94. The lowest BCUT2D eigenvalue weighted by Gasteiger charge is -1.99. The summed E-state index contributed by atoms with van der Waals surface area (Å²) >= 11 is 0. The summed E-state index contributed by atoms with van der Waals surface area (Å²) in [5, 5.41) is 17.3. The van der Waals surface area contributed by atoms with Crippen molar-refractivity contribution in [2.45, 2.75) is 0 Å². The van der Waals surface area contributed by atoms with Crippen molar-refractivity contribution in [2.24, 2.45) is 0 Å². The Morgan fingerprint density at radius 1 is 0.944 bits per heavy atom. The summed E-state index contributed by atoms with van der Waals surface area (Å²) < 4.78 is 29.2. The van der Waals surface area contributed by atoms with Gasteiger partial charge in [-0.05, 0) is 24.3 Å². The highest BCUT2D eigenvalue weighted by Crippen LogP contribution is 2.20. The van der Waals surface area contributed by atoms with Crippen molar-refractivity contribution < 1.29 is 23.7 Å². The lowest BCUT2D eigenvalue weighted by Crippen LogP contribution is -1.85. The van der Waals surface area contributed by atoms with Gasteiger partial charge in [-0.15, -0.1) is 0 Å². The van der Waals surface area contributed by atoms with Crippen molar-refractivity contribution in [1.29, 1.82) is 0 Å². The van der Waals surface area contributed by atoms with Gasteiger partial charge in [-0.25, -0.2) is 8.78 Å². The number of phenols is 2. The molecular formula is C13H12F2O3. The Hall–Kier alpha value is -2.30. The Labute approximate surface area is 103 Å². The standard InChI is InChI=1S/C7H7FO2.C6H5FO/c1-10-7-3-2-5(9)4-6(7)8;7-5-2-1-3-6(8)4-5/h2-4,9H,1H3;1-4,8H. The first kappa shape index (κ1) is 13.8.